The van der Waals surface area contributed by atoms with Crippen LogP contribution >= 0.6 is 0 Å². The molecule has 206 valence electrons. The van der Waals surface area contributed by atoms with Crippen LogP contribution in [0.3, 0.4) is 0 Å². The van der Waals surface area contributed by atoms with Crippen LogP contribution in [-0.4, -0.2) is 56.7 Å². The summed E-state index contributed by atoms with van der Waals surface area (Å²) < 4.78 is 54.6. The Morgan fingerprint density at radius 2 is 1.74 bits per heavy atom. The van der Waals surface area contributed by atoms with Crippen molar-refractivity contribution < 1.29 is 27.4 Å². The highest BCUT2D eigenvalue weighted by atomic mass is 32.2. The van der Waals surface area contributed by atoms with Gasteiger partial charge in [0.25, 0.3) is 0 Å². The summed E-state index contributed by atoms with van der Waals surface area (Å²) >= 11 is 0. The molecule has 0 aliphatic carbocycles. The molecule has 9 heteroatoms. The Morgan fingerprint density at radius 3 is 2.46 bits per heavy atom. The first kappa shape index (κ1) is 26.3. The van der Waals surface area contributed by atoms with Crippen molar-refractivity contribution in [2.45, 2.75) is 69.1 Å². The summed E-state index contributed by atoms with van der Waals surface area (Å²) in [6.07, 6.45) is -1.72. The summed E-state index contributed by atoms with van der Waals surface area (Å²) in [4.78, 5) is 2.49. The molecule has 8 nitrogen and oxygen atoms in total. The predicted molar refractivity (Wildman–Crippen MR) is 147 cm³/mol. The van der Waals surface area contributed by atoms with Crippen molar-refractivity contribution in [2.75, 3.05) is 18.6 Å². The van der Waals surface area contributed by atoms with Crippen LogP contribution in [0.2, 0.25) is 0 Å². The van der Waals surface area contributed by atoms with Gasteiger partial charge in [-0.25, -0.2) is 8.42 Å². The molecular weight excluding hydrogens is 516 g/mol. The van der Waals surface area contributed by atoms with Gasteiger partial charge in [-0.2, -0.15) is 4.31 Å². The van der Waals surface area contributed by atoms with E-state index < -0.39 is 40.4 Å². The summed E-state index contributed by atoms with van der Waals surface area (Å²) in [7, 11) is -2.31. The molecule has 0 amide bonds. The molecular formula is C30H34N2O6S. The van der Waals surface area contributed by atoms with Crippen LogP contribution < -0.4 is 9.64 Å². The maximum atomic E-state index is 14.3. The summed E-state index contributed by atoms with van der Waals surface area (Å²) in [6, 6.07) is 22.4. The molecule has 0 spiro atoms. The molecule has 2 saturated heterocycles. The molecule has 0 radical (unpaired) electrons. The zero-order valence-electron chi connectivity index (χ0n) is 22.6. The van der Waals surface area contributed by atoms with Crippen molar-refractivity contribution in [1.29, 1.82) is 0 Å². The van der Waals surface area contributed by atoms with Gasteiger partial charge in [0, 0.05) is 25.3 Å². The Labute approximate surface area is 230 Å². The van der Waals surface area contributed by atoms with E-state index in [1.165, 1.54) is 0 Å². The van der Waals surface area contributed by atoms with E-state index >= 15 is 0 Å². The fourth-order valence-electron chi connectivity index (χ4n) is 5.82. The number of ether oxygens (including phenoxy) is 4. The highest BCUT2D eigenvalue weighted by molar-refractivity contribution is 7.89. The molecule has 0 unspecified atom stereocenters. The maximum Gasteiger partial charge on any atom is 0.243 e. The monoisotopic (exact) mass is 550 g/mol. The molecule has 3 aromatic carbocycles. The van der Waals surface area contributed by atoms with Gasteiger partial charge < -0.3 is 23.8 Å². The normalized spacial score (nSPS) is 26.3. The topological polar surface area (TPSA) is 77.5 Å². The minimum absolute atomic E-state index is 0.131. The third kappa shape index (κ3) is 4.94. The lowest BCUT2D eigenvalue weighted by atomic mass is 10.0. The number of methoxy groups -OCH3 is 1. The van der Waals surface area contributed by atoms with Crippen LogP contribution in [0.4, 0.5) is 5.69 Å². The van der Waals surface area contributed by atoms with Crippen LogP contribution in [0.5, 0.6) is 5.75 Å². The quantitative estimate of drug-likeness (QED) is 0.464. The Bertz CT molecular complexity index is 1440. The maximum absolute atomic E-state index is 14.3. The van der Waals surface area contributed by atoms with Gasteiger partial charge in [0.15, 0.2) is 12.1 Å². The van der Waals surface area contributed by atoms with E-state index in [0.29, 0.717) is 18.8 Å². The molecule has 0 saturated carbocycles. The number of sulfonamides is 1. The predicted octanol–water partition coefficient (Wildman–Crippen LogP) is 4.46. The fourth-order valence-corrected chi connectivity index (χ4v) is 7.45. The zero-order valence-corrected chi connectivity index (χ0v) is 23.4. The second-order valence-corrected chi connectivity index (χ2v) is 12.7. The first-order valence-corrected chi connectivity index (χ1v) is 14.6. The molecule has 3 heterocycles. The Morgan fingerprint density at radius 1 is 1.00 bits per heavy atom. The lowest BCUT2D eigenvalue weighted by molar-refractivity contribution is -0.208. The number of rotatable bonds is 5. The van der Waals surface area contributed by atoms with E-state index in [1.54, 1.807) is 23.5 Å². The molecule has 0 N–H and O–H groups in total. The van der Waals surface area contributed by atoms with Crippen molar-refractivity contribution in [1.82, 2.24) is 4.31 Å². The molecule has 39 heavy (non-hydrogen) atoms. The van der Waals surface area contributed by atoms with Crippen molar-refractivity contribution in [3.05, 3.63) is 89.5 Å². The van der Waals surface area contributed by atoms with E-state index in [1.807, 2.05) is 69.3 Å². The Hall–Kier alpha value is -2.95. The summed E-state index contributed by atoms with van der Waals surface area (Å²) in [5, 5.41) is 0. The number of hydrogen-bond acceptors (Lipinski definition) is 7. The second kappa shape index (κ2) is 9.91. The number of aryl methyl sites for hydroxylation is 1. The van der Waals surface area contributed by atoms with Gasteiger partial charge >= 0.3 is 0 Å². The SMILES string of the molecule is COc1ccc2c(c1)CN(S(=O)(=O)c1ccc(C)cc1)[C@@H]1[C@H]3OC(C)(C)O[C@H]3O[C@@H]1CN2Cc1ccccc1. The van der Waals surface area contributed by atoms with Crippen LogP contribution in [-0.2, 0) is 37.3 Å². The van der Waals surface area contributed by atoms with Crippen LogP contribution in [0, 0.1) is 6.92 Å². The van der Waals surface area contributed by atoms with Gasteiger partial charge in [-0.1, -0.05) is 48.0 Å². The number of hydrogen-bond donors (Lipinski definition) is 0. The van der Waals surface area contributed by atoms with Gasteiger partial charge in [-0.3, -0.25) is 0 Å². The number of benzene rings is 3. The van der Waals surface area contributed by atoms with Crippen molar-refractivity contribution >= 4 is 15.7 Å². The number of nitrogens with zero attached hydrogens (tertiary/aromatic N) is 2. The first-order chi connectivity index (χ1) is 18.6. The van der Waals surface area contributed by atoms with Crippen molar-refractivity contribution in [2.24, 2.45) is 0 Å². The number of fused-ring (bicyclic) bond motifs is 4. The highest BCUT2D eigenvalue weighted by Crippen LogP contribution is 2.44. The lowest BCUT2D eigenvalue weighted by Crippen LogP contribution is -2.54. The molecule has 0 aromatic heterocycles. The standard InChI is InChI=1S/C30H34N2O6S/c1-20-10-13-24(14-11-20)39(33,34)32-18-22-16-23(35-4)12-15-25(22)31(17-21-8-6-5-7-9-21)19-26-27(32)28-29(36-26)38-30(2,3)37-28/h5-16,26-29H,17-19H2,1-4H3/t26-,27+,28-,29-/m1/s1. The van der Waals surface area contributed by atoms with Crippen LogP contribution in [0.15, 0.2) is 77.7 Å². The molecule has 6 rings (SSSR count). The molecule has 4 atom stereocenters. The summed E-state index contributed by atoms with van der Waals surface area (Å²) in [5.41, 5.74) is 3.92. The van der Waals surface area contributed by atoms with Gasteiger partial charge in [0.05, 0.1) is 24.2 Å². The third-order valence-corrected chi connectivity index (χ3v) is 9.50. The molecule has 3 aliphatic rings. The van der Waals surface area contributed by atoms with E-state index in [4.69, 9.17) is 18.9 Å². The Kier molecular flexibility index (Phi) is 6.68. The zero-order chi connectivity index (χ0) is 27.4. The molecule has 2 fully saturated rings. The average molecular weight is 551 g/mol. The summed E-state index contributed by atoms with van der Waals surface area (Å²) in [6.45, 7) is 6.82. The van der Waals surface area contributed by atoms with E-state index in [0.717, 1.165) is 22.4 Å². The lowest BCUT2D eigenvalue weighted by Gasteiger charge is -2.40. The van der Waals surface area contributed by atoms with Crippen molar-refractivity contribution in [3.8, 4) is 5.75 Å². The van der Waals surface area contributed by atoms with Gasteiger partial charge in [-0.05, 0) is 62.2 Å². The fraction of sp³-hybridized carbons (Fsp3) is 0.400. The largest absolute Gasteiger partial charge is 0.497 e. The van der Waals surface area contributed by atoms with Crippen molar-refractivity contribution in [3.63, 3.8) is 0 Å². The third-order valence-electron chi connectivity index (χ3n) is 7.64. The van der Waals surface area contributed by atoms with Gasteiger partial charge in [0.2, 0.25) is 10.0 Å². The second-order valence-electron chi connectivity index (χ2n) is 10.9. The van der Waals surface area contributed by atoms with Gasteiger partial charge in [0.1, 0.15) is 11.9 Å². The van der Waals surface area contributed by atoms with Crippen LogP contribution in [0.1, 0.15) is 30.5 Å². The average Bonchev–Trinajstić information content (AvgIpc) is 3.37. The first-order valence-electron chi connectivity index (χ1n) is 13.2. The van der Waals surface area contributed by atoms with E-state index in [2.05, 4.69) is 17.0 Å². The highest BCUT2D eigenvalue weighted by Gasteiger charge is 2.59. The molecule has 0 bridgehead atoms. The smallest absolute Gasteiger partial charge is 0.243 e. The molecule has 3 aromatic rings. The Balaban J connectivity index is 1.49. The van der Waals surface area contributed by atoms with E-state index in [9.17, 15) is 8.42 Å². The molecule has 3 aliphatic heterocycles. The number of anilines is 1. The van der Waals surface area contributed by atoms with Gasteiger partial charge in [-0.15, -0.1) is 0 Å². The van der Waals surface area contributed by atoms with E-state index in [-0.39, 0.29) is 11.4 Å². The van der Waals surface area contributed by atoms with Crippen LogP contribution in [0.25, 0.3) is 0 Å². The summed E-state index contributed by atoms with van der Waals surface area (Å²) in [5.74, 6) is -0.215. The minimum atomic E-state index is -3.93. The minimum Gasteiger partial charge on any atom is -0.497 e.